The van der Waals surface area contributed by atoms with Gasteiger partial charge in [-0.15, -0.1) is 0 Å². The molecule has 0 amide bonds. The first-order chi connectivity index (χ1) is 7.15. The molecule has 3 heteroatoms. The van der Waals surface area contributed by atoms with Gasteiger partial charge in [-0.05, 0) is 45.5 Å². The molecule has 1 saturated carbocycles. The number of hydrogen-bond acceptors (Lipinski definition) is 3. The van der Waals surface area contributed by atoms with Gasteiger partial charge < -0.3 is 10.2 Å². The highest BCUT2D eigenvalue weighted by atomic mass is 32.2. The molecular weight excluding hydrogens is 204 g/mol. The van der Waals surface area contributed by atoms with Crippen LogP contribution in [0.4, 0.5) is 0 Å². The predicted octanol–water partition coefficient (Wildman–Crippen LogP) is 2.06. The molecule has 1 fully saturated rings. The first-order valence-electron chi connectivity index (χ1n) is 6.07. The van der Waals surface area contributed by atoms with Crippen LogP contribution in [0.2, 0.25) is 0 Å². The van der Waals surface area contributed by atoms with E-state index >= 15 is 0 Å². The second-order valence-electron chi connectivity index (χ2n) is 4.87. The lowest BCUT2D eigenvalue weighted by atomic mass is 10.0. The number of nitrogens with zero attached hydrogens (tertiary/aromatic N) is 1. The van der Waals surface area contributed by atoms with E-state index in [9.17, 15) is 0 Å². The SMILES string of the molecule is CSCCN(C)C(C)C(C)CNC1CC1. The highest BCUT2D eigenvalue weighted by Crippen LogP contribution is 2.19. The second kappa shape index (κ2) is 6.77. The van der Waals surface area contributed by atoms with Crippen LogP contribution in [0.3, 0.4) is 0 Å². The van der Waals surface area contributed by atoms with Gasteiger partial charge in [0.25, 0.3) is 0 Å². The van der Waals surface area contributed by atoms with Gasteiger partial charge in [0.2, 0.25) is 0 Å². The minimum absolute atomic E-state index is 0.684. The van der Waals surface area contributed by atoms with Crippen molar-refractivity contribution in [2.24, 2.45) is 5.92 Å². The maximum absolute atomic E-state index is 3.62. The van der Waals surface area contributed by atoms with Crippen LogP contribution in [0, 0.1) is 5.92 Å². The summed E-state index contributed by atoms with van der Waals surface area (Å²) in [6.07, 6.45) is 4.96. The van der Waals surface area contributed by atoms with Gasteiger partial charge in [-0.1, -0.05) is 6.92 Å². The summed E-state index contributed by atoms with van der Waals surface area (Å²) in [5.74, 6) is 1.99. The lowest BCUT2D eigenvalue weighted by Crippen LogP contribution is -2.40. The van der Waals surface area contributed by atoms with Crippen LogP contribution in [0.25, 0.3) is 0 Å². The molecule has 0 aliphatic heterocycles. The Morgan fingerprint density at radius 1 is 1.40 bits per heavy atom. The van der Waals surface area contributed by atoms with Gasteiger partial charge in [0.05, 0.1) is 0 Å². The van der Waals surface area contributed by atoms with E-state index in [-0.39, 0.29) is 0 Å². The van der Waals surface area contributed by atoms with E-state index in [0.717, 1.165) is 12.0 Å². The van der Waals surface area contributed by atoms with Crippen LogP contribution in [-0.2, 0) is 0 Å². The zero-order valence-corrected chi connectivity index (χ0v) is 11.4. The second-order valence-corrected chi connectivity index (χ2v) is 5.86. The maximum atomic E-state index is 3.62. The van der Waals surface area contributed by atoms with Gasteiger partial charge >= 0.3 is 0 Å². The Hall–Kier alpha value is 0.270. The molecule has 0 aromatic heterocycles. The molecule has 1 N–H and O–H groups in total. The van der Waals surface area contributed by atoms with Gasteiger partial charge in [0, 0.05) is 24.4 Å². The molecule has 1 rings (SSSR count). The summed E-state index contributed by atoms with van der Waals surface area (Å²) in [6.45, 7) is 7.08. The Morgan fingerprint density at radius 2 is 2.07 bits per heavy atom. The Morgan fingerprint density at radius 3 is 2.60 bits per heavy atom. The zero-order chi connectivity index (χ0) is 11.3. The summed E-state index contributed by atoms with van der Waals surface area (Å²) in [7, 11) is 2.24. The minimum atomic E-state index is 0.684. The molecule has 0 bridgehead atoms. The van der Waals surface area contributed by atoms with Crippen LogP contribution in [-0.4, -0.2) is 49.1 Å². The van der Waals surface area contributed by atoms with Crippen molar-refractivity contribution in [3.05, 3.63) is 0 Å². The first-order valence-corrected chi connectivity index (χ1v) is 7.47. The fourth-order valence-corrected chi connectivity index (χ4v) is 2.15. The number of rotatable bonds is 8. The van der Waals surface area contributed by atoms with E-state index in [2.05, 4.69) is 37.4 Å². The zero-order valence-electron chi connectivity index (χ0n) is 10.6. The minimum Gasteiger partial charge on any atom is -0.314 e. The van der Waals surface area contributed by atoms with Crippen molar-refractivity contribution < 1.29 is 0 Å². The monoisotopic (exact) mass is 230 g/mol. The first kappa shape index (κ1) is 13.3. The Labute approximate surface area is 99.2 Å². The van der Waals surface area contributed by atoms with Gasteiger partial charge in [0.1, 0.15) is 0 Å². The van der Waals surface area contributed by atoms with Crippen molar-refractivity contribution in [1.82, 2.24) is 10.2 Å². The summed E-state index contributed by atoms with van der Waals surface area (Å²) >= 11 is 1.93. The molecule has 2 nitrogen and oxygen atoms in total. The van der Waals surface area contributed by atoms with E-state index in [1.807, 2.05) is 11.8 Å². The van der Waals surface area contributed by atoms with Crippen LogP contribution < -0.4 is 5.32 Å². The summed E-state index contributed by atoms with van der Waals surface area (Å²) in [5.41, 5.74) is 0. The number of nitrogens with one attached hydrogen (secondary N) is 1. The molecular formula is C12H26N2S. The van der Waals surface area contributed by atoms with Crippen LogP contribution in [0.5, 0.6) is 0 Å². The quantitative estimate of drug-likeness (QED) is 0.687. The molecule has 0 aromatic rings. The lowest BCUT2D eigenvalue weighted by Gasteiger charge is -2.29. The topological polar surface area (TPSA) is 15.3 Å². The molecule has 90 valence electrons. The normalized spacial score (nSPS) is 20.6. The van der Waals surface area contributed by atoms with E-state index in [1.54, 1.807) is 0 Å². The summed E-state index contributed by atoms with van der Waals surface area (Å²) < 4.78 is 0. The summed E-state index contributed by atoms with van der Waals surface area (Å²) in [6, 6.07) is 1.53. The summed E-state index contributed by atoms with van der Waals surface area (Å²) in [5, 5.41) is 3.62. The van der Waals surface area contributed by atoms with Crippen LogP contribution in [0.15, 0.2) is 0 Å². The molecule has 2 unspecified atom stereocenters. The molecule has 15 heavy (non-hydrogen) atoms. The Kier molecular flexibility index (Phi) is 6.02. The van der Waals surface area contributed by atoms with Crippen LogP contribution in [0.1, 0.15) is 26.7 Å². The standard InChI is InChI=1S/C12H26N2S/c1-10(9-13-12-5-6-12)11(2)14(3)7-8-15-4/h10-13H,5-9H2,1-4H3. The largest absolute Gasteiger partial charge is 0.314 e. The fraction of sp³-hybridized carbons (Fsp3) is 1.00. The van der Waals surface area contributed by atoms with E-state index in [4.69, 9.17) is 0 Å². The molecule has 2 atom stereocenters. The molecule has 0 saturated heterocycles. The van der Waals surface area contributed by atoms with Gasteiger partial charge in [0.15, 0.2) is 0 Å². The fourth-order valence-electron chi connectivity index (χ4n) is 1.68. The van der Waals surface area contributed by atoms with Crippen molar-refractivity contribution in [3.8, 4) is 0 Å². The molecule has 0 heterocycles. The average Bonchev–Trinajstić information content (AvgIpc) is 3.05. The van der Waals surface area contributed by atoms with Gasteiger partial charge in [-0.25, -0.2) is 0 Å². The van der Waals surface area contributed by atoms with E-state index in [1.165, 1.54) is 31.7 Å². The van der Waals surface area contributed by atoms with E-state index < -0.39 is 0 Å². The molecule has 0 spiro atoms. The summed E-state index contributed by atoms with van der Waals surface area (Å²) in [4.78, 5) is 2.48. The van der Waals surface area contributed by atoms with Crippen molar-refractivity contribution >= 4 is 11.8 Å². The molecule has 1 aliphatic rings. The smallest absolute Gasteiger partial charge is 0.0102 e. The third-order valence-corrected chi connectivity index (χ3v) is 4.06. The Bertz CT molecular complexity index is 171. The lowest BCUT2D eigenvalue weighted by molar-refractivity contribution is 0.206. The third kappa shape index (κ3) is 5.23. The molecule has 1 aliphatic carbocycles. The number of hydrogen-bond donors (Lipinski definition) is 1. The Balaban J connectivity index is 2.13. The molecule has 0 aromatic carbocycles. The van der Waals surface area contributed by atoms with Gasteiger partial charge in [-0.2, -0.15) is 11.8 Å². The highest BCUT2D eigenvalue weighted by molar-refractivity contribution is 7.98. The molecule has 0 radical (unpaired) electrons. The number of thioether (sulfide) groups is 1. The third-order valence-electron chi connectivity index (χ3n) is 3.47. The maximum Gasteiger partial charge on any atom is 0.0102 e. The van der Waals surface area contributed by atoms with Crippen LogP contribution >= 0.6 is 11.8 Å². The average molecular weight is 230 g/mol. The van der Waals surface area contributed by atoms with Crippen molar-refractivity contribution in [3.63, 3.8) is 0 Å². The highest BCUT2D eigenvalue weighted by Gasteiger charge is 2.23. The van der Waals surface area contributed by atoms with Crippen molar-refractivity contribution in [1.29, 1.82) is 0 Å². The van der Waals surface area contributed by atoms with Crippen molar-refractivity contribution in [2.75, 3.05) is 32.1 Å². The van der Waals surface area contributed by atoms with Crippen molar-refractivity contribution in [2.45, 2.75) is 38.8 Å². The van der Waals surface area contributed by atoms with E-state index in [0.29, 0.717) is 6.04 Å². The predicted molar refractivity (Wildman–Crippen MR) is 70.7 cm³/mol. The van der Waals surface area contributed by atoms with Gasteiger partial charge in [-0.3, -0.25) is 0 Å².